The summed E-state index contributed by atoms with van der Waals surface area (Å²) in [5, 5.41) is 9.34. The summed E-state index contributed by atoms with van der Waals surface area (Å²) in [5.74, 6) is 1.86. The molecule has 0 aliphatic carbocycles. The van der Waals surface area contributed by atoms with Gasteiger partial charge in [-0.25, -0.2) is 0 Å². The monoisotopic (exact) mass is 255 g/mol. The molecule has 0 atom stereocenters. The summed E-state index contributed by atoms with van der Waals surface area (Å²) in [6.45, 7) is 10.8. The predicted molar refractivity (Wildman–Crippen MR) is 75.5 cm³/mol. The van der Waals surface area contributed by atoms with Crippen molar-refractivity contribution in [2.24, 2.45) is 13.0 Å². The lowest BCUT2D eigenvalue weighted by Gasteiger charge is -2.09. The number of aromatic nitrogens is 2. The van der Waals surface area contributed by atoms with E-state index < -0.39 is 0 Å². The molecule has 4 heteroatoms. The molecule has 0 saturated carbocycles. The Kier molecular flexibility index (Phi) is 6.06. The summed E-state index contributed by atoms with van der Waals surface area (Å²) in [7, 11) is 2.04. The van der Waals surface area contributed by atoms with Crippen LogP contribution in [-0.2, 0) is 13.6 Å². The van der Waals surface area contributed by atoms with E-state index in [2.05, 4.69) is 38.1 Å². The summed E-state index contributed by atoms with van der Waals surface area (Å²) in [6.07, 6.45) is 1.20. The lowest BCUT2D eigenvalue weighted by molar-refractivity contribution is 0.548. The van der Waals surface area contributed by atoms with E-state index in [4.69, 9.17) is 0 Å². The Morgan fingerprint density at radius 2 is 2.12 bits per heavy atom. The van der Waals surface area contributed by atoms with Crippen molar-refractivity contribution in [2.45, 2.75) is 45.7 Å². The van der Waals surface area contributed by atoms with Gasteiger partial charge in [0.2, 0.25) is 0 Å². The quantitative estimate of drug-likeness (QED) is 0.760. The normalized spacial score (nSPS) is 11.4. The van der Waals surface area contributed by atoms with Gasteiger partial charge in [-0.3, -0.25) is 4.68 Å². The number of aryl methyl sites for hydroxylation is 2. The van der Waals surface area contributed by atoms with E-state index >= 15 is 0 Å². The van der Waals surface area contributed by atoms with Crippen molar-refractivity contribution < 1.29 is 0 Å². The lowest BCUT2D eigenvalue weighted by atomic mass is 10.2. The van der Waals surface area contributed by atoms with Crippen LogP contribution in [0.1, 0.15) is 38.4 Å². The molecule has 1 N–H and O–H groups in total. The fourth-order valence-corrected chi connectivity index (χ4v) is 2.77. The molecule has 0 aliphatic heterocycles. The Hall–Kier alpha value is -0.480. The zero-order chi connectivity index (χ0) is 12.8. The minimum atomic E-state index is 0.693. The molecule has 17 heavy (non-hydrogen) atoms. The van der Waals surface area contributed by atoms with Gasteiger partial charge in [0.25, 0.3) is 0 Å². The third-order valence-corrected chi connectivity index (χ3v) is 3.98. The molecule has 0 saturated heterocycles. The van der Waals surface area contributed by atoms with Crippen LogP contribution in [0.25, 0.3) is 0 Å². The highest BCUT2D eigenvalue weighted by atomic mass is 32.2. The van der Waals surface area contributed by atoms with Gasteiger partial charge in [-0.1, -0.05) is 20.8 Å². The molecule has 98 valence electrons. The largest absolute Gasteiger partial charge is 0.312 e. The summed E-state index contributed by atoms with van der Waals surface area (Å²) in [5.41, 5.74) is 2.52. The van der Waals surface area contributed by atoms with Gasteiger partial charge in [-0.05, 0) is 31.6 Å². The van der Waals surface area contributed by atoms with Gasteiger partial charge >= 0.3 is 0 Å². The minimum Gasteiger partial charge on any atom is -0.312 e. The summed E-state index contributed by atoms with van der Waals surface area (Å²) in [6, 6.07) is 0. The second-order valence-corrected chi connectivity index (χ2v) is 5.95. The molecule has 0 amide bonds. The Balaban J connectivity index is 2.67. The number of thioether (sulfide) groups is 1. The number of nitrogens with zero attached hydrogens (tertiary/aromatic N) is 2. The molecule has 1 aromatic heterocycles. The second-order valence-electron chi connectivity index (χ2n) is 4.87. The molecule has 1 heterocycles. The van der Waals surface area contributed by atoms with Crippen LogP contribution in [0.15, 0.2) is 5.03 Å². The molecule has 0 fully saturated rings. The third kappa shape index (κ3) is 4.36. The summed E-state index contributed by atoms with van der Waals surface area (Å²) < 4.78 is 2.02. The maximum atomic E-state index is 4.52. The van der Waals surface area contributed by atoms with Crippen LogP contribution in [0, 0.1) is 12.8 Å². The fraction of sp³-hybridized carbons (Fsp3) is 0.769. The van der Waals surface area contributed by atoms with Gasteiger partial charge in [0, 0.05) is 19.2 Å². The van der Waals surface area contributed by atoms with Crippen molar-refractivity contribution >= 4 is 11.8 Å². The van der Waals surface area contributed by atoms with Crippen molar-refractivity contribution in [1.82, 2.24) is 15.1 Å². The maximum absolute atomic E-state index is 4.52. The second kappa shape index (κ2) is 7.07. The highest BCUT2D eigenvalue weighted by Gasteiger charge is 2.12. The van der Waals surface area contributed by atoms with E-state index in [0.717, 1.165) is 24.5 Å². The number of nitrogens with one attached hydrogen (secondary N) is 1. The van der Waals surface area contributed by atoms with Crippen molar-refractivity contribution in [3.8, 4) is 0 Å². The van der Waals surface area contributed by atoms with Crippen molar-refractivity contribution in [3.63, 3.8) is 0 Å². The van der Waals surface area contributed by atoms with E-state index in [-0.39, 0.29) is 0 Å². The van der Waals surface area contributed by atoms with Crippen molar-refractivity contribution in [1.29, 1.82) is 0 Å². The number of rotatable bonds is 7. The first kappa shape index (κ1) is 14.6. The molecule has 3 nitrogen and oxygen atoms in total. The van der Waals surface area contributed by atoms with E-state index in [9.17, 15) is 0 Å². The smallest absolute Gasteiger partial charge is 0.0984 e. The topological polar surface area (TPSA) is 29.9 Å². The minimum absolute atomic E-state index is 0.693. The fourth-order valence-electron chi connectivity index (χ4n) is 1.75. The van der Waals surface area contributed by atoms with Gasteiger partial charge in [0.05, 0.1) is 10.7 Å². The molecule has 0 bridgehead atoms. The number of hydrogen-bond acceptors (Lipinski definition) is 3. The first-order chi connectivity index (χ1) is 8.06. The van der Waals surface area contributed by atoms with Crippen molar-refractivity contribution in [2.75, 3.05) is 12.3 Å². The van der Waals surface area contributed by atoms with Crippen LogP contribution < -0.4 is 5.32 Å². The van der Waals surface area contributed by atoms with Crippen LogP contribution in [-0.4, -0.2) is 22.1 Å². The van der Waals surface area contributed by atoms with E-state index in [1.54, 1.807) is 0 Å². The Morgan fingerprint density at radius 1 is 1.41 bits per heavy atom. The predicted octanol–water partition coefficient (Wildman–Crippen LogP) is 2.98. The van der Waals surface area contributed by atoms with Gasteiger partial charge in [-0.2, -0.15) is 5.10 Å². The highest BCUT2D eigenvalue weighted by molar-refractivity contribution is 7.99. The zero-order valence-electron chi connectivity index (χ0n) is 11.7. The van der Waals surface area contributed by atoms with Crippen LogP contribution >= 0.6 is 11.8 Å². The maximum Gasteiger partial charge on any atom is 0.0984 e. The average molecular weight is 255 g/mol. The summed E-state index contributed by atoms with van der Waals surface area (Å²) in [4.78, 5) is 0. The standard InChI is InChI=1S/C13H25N3S/c1-6-7-17-13-12(9-14-8-10(2)3)11(4)15-16(13)5/h10,14H,6-9H2,1-5H3. The molecular formula is C13H25N3S. The van der Waals surface area contributed by atoms with Crippen LogP contribution in [0.4, 0.5) is 0 Å². The van der Waals surface area contributed by atoms with E-state index in [1.165, 1.54) is 17.0 Å². The molecular weight excluding hydrogens is 230 g/mol. The van der Waals surface area contributed by atoms with Gasteiger partial charge in [0.1, 0.15) is 0 Å². The highest BCUT2D eigenvalue weighted by Crippen LogP contribution is 2.25. The average Bonchev–Trinajstić information content (AvgIpc) is 2.51. The molecule has 0 aromatic carbocycles. The third-order valence-electron chi connectivity index (χ3n) is 2.59. The number of hydrogen-bond donors (Lipinski definition) is 1. The summed E-state index contributed by atoms with van der Waals surface area (Å²) >= 11 is 1.91. The molecule has 0 radical (unpaired) electrons. The Bertz CT molecular complexity index is 345. The Labute approximate surface area is 109 Å². The lowest BCUT2D eigenvalue weighted by Crippen LogP contribution is -2.19. The van der Waals surface area contributed by atoms with E-state index in [0.29, 0.717) is 5.92 Å². The molecule has 0 spiro atoms. The molecule has 1 aromatic rings. The van der Waals surface area contributed by atoms with Crippen LogP contribution in [0.3, 0.4) is 0 Å². The molecule has 1 rings (SSSR count). The van der Waals surface area contributed by atoms with E-state index in [1.807, 2.05) is 23.5 Å². The molecule has 0 unspecified atom stereocenters. The Morgan fingerprint density at radius 3 is 2.71 bits per heavy atom. The SMILES string of the molecule is CCCSc1c(CNCC(C)C)c(C)nn1C. The van der Waals surface area contributed by atoms with Crippen LogP contribution in [0.2, 0.25) is 0 Å². The zero-order valence-corrected chi connectivity index (χ0v) is 12.5. The molecule has 0 aliphatic rings. The van der Waals surface area contributed by atoms with Gasteiger partial charge in [-0.15, -0.1) is 11.8 Å². The van der Waals surface area contributed by atoms with Gasteiger partial charge < -0.3 is 5.32 Å². The first-order valence-corrected chi connectivity index (χ1v) is 7.40. The first-order valence-electron chi connectivity index (χ1n) is 6.42. The van der Waals surface area contributed by atoms with Gasteiger partial charge in [0.15, 0.2) is 0 Å². The van der Waals surface area contributed by atoms with Crippen LogP contribution in [0.5, 0.6) is 0 Å². The van der Waals surface area contributed by atoms with Crippen molar-refractivity contribution in [3.05, 3.63) is 11.3 Å².